The summed E-state index contributed by atoms with van der Waals surface area (Å²) in [4.78, 5) is 6.32. The highest BCUT2D eigenvalue weighted by Gasteiger charge is 2.15. The van der Waals surface area contributed by atoms with Gasteiger partial charge in [-0.15, -0.1) is 0 Å². The summed E-state index contributed by atoms with van der Waals surface area (Å²) in [5.74, 6) is 0.616. The lowest BCUT2D eigenvalue weighted by atomic mass is 10.2. The summed E-state index contributed by atoms with van der Waals surface area (Å²) in [6.07, 6.45) is 0. The van der Waals surface area contributed by atoms with Crippen molar-refractivity contribution in [1.82, 2.24) is 15.0 Å². The van der Waals surface area contributed by atoms with Crippen LogP contribution in [0.3, 0.4) is 0 Å². The fourth-order valence-corrected chi connectivity index (χ4v) is 1.86. The highest BCUT2D eigenvalue weighted by Crippen LogP contribution is 2.17. The van der Waals surface area contributed by atoms with Gasteiger partial charge in [-0.05, 0) is 38.1 Å². The van der Waals surface area contributed by atoms with Gasteiger partial charge < -0.3 is 9.63 Å². The fourth-order valence-electron chi connectivity index (χ4n) is 1.86. The number of rotatable bonds is 6. The molecular formula is C14H18FN3O2. The molecule has 0 saturated carbocycles. The molecule has 0 unspecified atom stereocenters. The van der Waals surface area contributed by atoms with Crippen molar-refractivity contribution in [3.05, 3.63) is 36.0 Å². The molecule has 0 aliphatic rings. The lowest BCUT2D eigenvalue weighted by molar-refractivity contribution is 0.144. The molecule has 0 spiro atoms. The monoisotopic (exact) mass is 279 g/mol. The van der Waals surface area contributed by atoms with E-state index in [0.717, 1.165) is 0 Å². The van der Waals surface area contributed by atoms with E-state index >= 15 is 0 Å². The van der Waals surface area contributed by atoms with Crippen molar-refractivity contribution >= 4 is 0 Å². The lowest BCUT2D eigenvalue weighted by Gasteiger charge is -2.23. The Balaban J connectivity index is 2.10. The SMILES string of the molecule is CC(C)N(CCO)Cc1nc(-c2ccc(F)cc2)no1. The molecule has 0 fully saturated rings. The van der Waals surface area contributed by atoms with Crippen LogP contribution in [-0.2, 0) is 6.54 Å². The first-order valence-electron chi connectivity index (χ1n) is 6.53. The van der Waals surface area contributed by atoms with E-state index in [9.17, 15) is 4.39 Å². The Hall–Kier alpha value is -1.79. The number of aromatic nitrogens is 2. The van der Waals surface area contributed by atoms with Gasteiger partial charge in [-0.3, -0.25) is 4.90 Å². The van der Waals surface area contributed by atoms with E-state index < -0.39 is 0 Å². The van der Waals surface area contributed by atoms with Crippen LogP contribution in [0, 0.1) is 5.82 Å². The molecule has 108 valence electrons. The third kappa shape index (κ3) is 3.61. The van der Waals surface area contributed by atoms with Crippen LogP contribution in [0.2, 0.25) is 0 Å². The van der Waals surface area contributed by atoms with Crippen molar-refractivity contribution in [2.24, 2.45) is 0 Å². The van der Waals surface area contributed by atoms with Gasteiger partial charge in [0.1, 0.15) is 5.82 Å². The van der Waals surface area contributed by atoms with E-state index in [1.54, 1.807) is 12.1 Å². The van der Waals surface area contributed by atoms with Gasteiger partial charge in [-0.25, -0.2) is 4.39 Å². The topological polar surface area (TPSA) is 62.4 Å². The smallest absolute Gasteiger partial charge is 0.241 e. The van der Waals surface area contributed by atoms with E-state index in [-0.39, 0.29) is 18.5 Å². The van der Waals surface area contributed by atoms with Crippen molar-refractivity contribution in [3.63, 3.8) is 0 Å². The Morgan fingerprint density at radius 3 is 2.60 bits per heavy atom. The average Bonchev–Trinajstić information content (AvgIpc) is 2.87. The van der Waals surface area contributed by atoms with E-state index in [2.05, 4.69) is 10.1 Å². The van der Waals surface area contributed by atoms with Gasteiger partial charge in [-0.2, -0.15) is 4.98 Å². The minimum absolute atomic E-state index is 0.0805. The zero-order valence-electron chi connectivity index (χ0n) is 11.6. The maximum Gasteiger partial charge on any atom is 0.241 e. The number of aliphatic hydroxyl groups is 1. The largest absolute Gasteiger partial charge is 0.395 e. The van der Waals surface area contributed by atoms with E-state index in [1.807, 2.05) is 18.7 Å². The molecule has 0 atom stereocenters. The van der Waals surface area contributed by atoms with Crippen LogP contribution in [0.15, 0.2) is 28.8 Å². The first-order chi connectivity index (χ1) is 9.60. The van der Waals surface area contributed by atoms with Crippen LogP contribution in [-0.4, -0.2) is 39.3 Å². The average molecular weight is 279 g/mol. The van der Waals surface area contributed by atoms with Crippen LogP contribution in [0.1, 0.15) is 19.7 Å². The summed E-state index contributed by atoms with van der Waals surface area (Å²) < 4.78 is 18.1. The standard InChI is InChI=1S/C14H18FN3O2/c1-10(2)18(7-8-19)9-13-16-14(17-20-13)11-3-5-12(15)6-4-11/h3-6,10,19H,7-9H2,1-2H3. The van der Waals surface area contributed by atoms with Gasteiger partial charge in [0.15, 0.2) is 0 Å². The quantitative estimate of drug-likeness (QED) is 0.877. The lowest BCUT2D eigenvalue weighted by Crippen LogP contribution is -2.33. The molecule has 20 heavy (non-hydrogen) atoms. The Labute approximate surface area is 117 Å². The zero-order valence-corrected chi connectivity index (χ0v) is 11.6. The zero-order chi connectivity index (χ0) is 14.5. The van der Waals surface area contributed by atoms with Crippen molar-refractivity contribution in [3.8, 4) is 11.4 Å². The molecule has 1 heterocycles. The number of hydrogen-bond donors (Lipinski definition) is 1. The molecule has 0 aliphatic carbocycles. The van der Waals surface area contributed by atoms with Gasteiger partial charge >= 0.3 is 0 Å². The summed E-state index contributed by atoms with van der Waals surface area (Å²) in [5.41, 5.74) is 0.708. The summed E-state index contributed by atoms with van der Waals surface area (Å²) in [6.45, 7) is 5.18. The first-order valence-corrected chi connectivity index (χ1v) is 6.53. The van der Waals surface area contributed by atoms with Gasteiger partial charge in [0, 0.05) is 18.2 Å². The minimum atomic E-state index is -0.300. The molecule has 0 amide bonds. The number of benzene rings is 1. The highest BCUT2D eigenvalue weighted by molar-refractivity contribution is 5.53. The third-order valence-corrected chi connectivity index (χ3v) is 3.03. The van der Waals surface area contributed by atoms with Gasteiger partial charge in [0.2, 0.25) is 11.7 Å². The maximum atomic E-state index is 12.9. The van der Waals surface area contributed by atoms with Gasteiger partial charge in [0.05, 0.1) is 13.2 Å². The summed E-state index contributed by atoms with van der Waals surface area (Å²) in [6, 6.07) is 6.20. The second kappa shape index (κ2) is 6.58. The third-order valence-electron chi connectivity index (χ3n) is 3.03. The molecule has 6 heteroatoms. The fraction of sp³-hybridized carbons (Fsp3) is 0.429. The van der Waals surface area contributed by atoms with Crippen LogP contribution >= 0.6 is 0 Å². The van der Waals surface area contributed by atoms with Crippen molar-refractivity contribution in [2.45, 2.75) is 26.4 Å². The van der Waals surface area contributed by atoms with Gasteiger partial charge in [0.25, 0.3) is 0 Å². The van der Waals surface area contributed by atoms with Crippen LogP contribution in [0.25, 0.3) is 11.4 Å². The minimum Gasteiger partial charge on any atom is -0.395 e. The van der Waals surface area contributed by atoms with E-state index in [1.165, 1.54) is 12.1 Å². The maximum absolute atomic E-state index is 12.9. The Kier molecular flexibility index (Phi) is 4.81. The molecular weight excluding hydrogens is 261 g/mol. The number of halogens is 1. The molecule has 1 aromatic heterocycles. The predicted molar refractivity (Wildman–Crippen MR) is 72.3 cm³/mol. The normalized spacial score (nSPS) is 11.5. The molecule has 0 aliphatic heterocycles. The van der Waals surface area contributed by atoms with Crippen molar-refractivity contribution in [2.75, 3.05) is 13.2 Å². The summed E-state index contributed by atoms with van der Waals surface area (Å²) in [5, 5.41) is 12.9. The van der Waals surface area contributed by atoms with Gasteiger partial charge in [-0.1, -0.05) is 5.16 Å². The van der Waals surface area contributed by atoms with Crippen LogP contribution in [0.5, 0.6) is 0 Å². The van der Waals surface area contributed by atoms with E-state index in [0.29, 0.717) is 30.4 Å². The molecule has 5 nitrogen and oxygen atoms in total. The molecule has 0 radical (unpaired) electrons. The molecule has 0 bridgehead atoms. The second-order valence-electron chi connectivity index (χ2n) is 4.81. The molecule has 2 aromatic rings. The van der Waals surface area contributed by atoms with Crippen molar-refractivity contribution < 1.29 is 14.0 Å². The second-order valence-corrected chi connectivity index (χ2v) is 4.81. The summed E-state index contributed by atoms with van der Waals surface area (Å²) >= 11 is 0. The number of hydrogen-bond acceptors (Lipinski definition) is 5. The Morgan fingerprint density at radius 1 is 1.30 bits per heavy atom. The summed E-state index contributed by atoms with van der Waals surface area (Å²) in [7, 11) is 0. The molecule has 2 rings (SSSR count). The van der Waals surface area contributed by atoms with Crippen LogP contribution < -0.4 is 0 Å². The van der Waals surface area contributed by atoms with Crippen molar-refractivity contribution in [1.29, 1.82) is 0 Å². The number of nitrogens with zero attached hydrogens (tertiary/aromatic N) is 3. The Morgan fingerprint density at radius 2 is 2.00 bits per heavy atom. The molecule has 1 aromatic carbocycles. The molecule has 1 N–H and O–H groups in total. The Bertz CT molecular complexity index is 540. The first kappa shape index (κ1) is 14.6. The van der Waals surface area contributed by atoms with Crippen LogP contribution in [0.4, 0.5) is 4.39 Å². The highest BCUT2D eigenvalue weighted by atomic mass is 19.1. The molecule has 0 saturated heterocycles. The predicted octanol–water partition coefficient (Wildman–Crippen LogP) is 2.08. The number of aliphatic hydroxyl groups excluding tert-OH is 1. The van der Waals surface area contributed by atoms with E-state index in [4.69, 9.17) is 9.63 Å².